The van der Waals surface area contributed by atoms with Gasteiger partial charge in [-0.3, -0.25) is 5.32 Å². The molecule has 0 saturated carbocycles. The van der Waals surface area contributed by atoms with Gasteiger partial charge in [0.05, 0.1) is 13.2 Å². The number of nitrogens with one attached hydrogen (secondary N) is 1. The first-order chi connectivity index (χ1) is 11.7. The van der Waals surface area contributed by atoms with Gasteiger partial charge < -0.3 is 15.2 Å². The van der Waals surface area contributed by atoms with Crippen molar-refractivity contribution in [1.29, 1.82) is 0 Å². The fraction of sp³-hybridized carbons (Fsp3) is 0.529. The van der Waals surface area contributed by atoms with Crippen molar-refractivity contribution in [2.24, 2.45) is 10.9 Å². The molecule has 0 spiro atoms. The number of fused-ring (bicyclic) bond motifs is 1. The van der Waals surface area contributed by atoms with Crippen LogP contribution in [0.3, 0.4) is 0 Å². The Morgan fingerprint density at radius 3 is 3.00 bits per heavy atom. The number of hydrogen-bond acceptors (Lipinski definition) is 6. The molecule has 1 aromatic rings. The Hall–Kier alpha value is -1.80. The lowest BCUT2D eigenvalue weighted by Gasteiger charge is -2.35. The van der Waals surface area contributed by atoms with Crippen LogP contribution in [0.1, 0.15) is 26.3 Å². The van der Waals surface area contributed by atoms with E-state index in [1.165, 1.54) is 23.9 Å². The van der Waals surface area contributed by atoms with Crippen LogP contribution in [0.15, 0.2) is 23.2 Å². The fourth-order valence-corrected chi connectivity index (χ4v) is 4.12. The highest BCUT2D eigenvalue weighted by Crippen LogP contribution is 2.45. The van der Waals surface area contributed by atoms with Crippen molar-refractivity contribution in [3.63, 3.8) is 0 Å². The molecular weight excluding hydrogens is 345 g/mol. The molecule has 136 valence electrons. The molecule has 6 nitrogen and oxygen atoms in total. The normalized spacial score (nSPS) is 25.9. The van der Waals surface area contributed by atoms with Crippen LogP contribution in [0, 0.1) is 11.7 Å². The number of carbonyl (C=O) groups excluding carboxylic acids is 1. The van der Waals surface area contributed by atoms with Crippen molar-refractivity contribution in [3.05, 3.63) is 29.6 Å². The minimum Gasteiger partial charge on any atom is -0.444 e. The van der Waals surface area contributed by atoms with Gasteiger partial charge >= 0.3 is 6.09 Å². The molecule has 2 heterocycles. The zero-order chi connectivity index (χ0) is 18.2. The Labute approximate surface area is 150 Å². The van der Waals surface area contributed by atoms with Crippen LogP contribution in [0.4, 0.5) is 14.9 Å². The Morgan fingerprint density at radius 1 is 1.52 bits per heavy atom. The van der Waals surface area contributed by atoms with Crippen LogP contribution in [0.5, 0.6) is 0 Å². The number of nitrogens with two attached hydrogens (primary N) is 1. The summed E-state index contributed by atoms with van der Waals surface area (Å²) in [7, 11) is 0. The average Bonchev–Trinajstić information content (AvgIpc) is 2.91. The molecule has 0 bridgehead atoms. The molecule has 0 aliphatic carbocycles. The molecule has 1 amide bonds. The maximum atomic E-state index is 14.5. The predicted molar refractivity (Wildman–Crippen MR) is 96.1 cm³/mol. The number of alkyl carbamates (subject to hydrolysis) is 1. The largest absolute Gasteiger partial charge is 0.444 e. The minimum atomic E-state index is -0.880. The van der Waals surface area contributed by atoms with Gasteiger partial charge in [0, 0.05) is 22.9 Å². The van der Waals surface area contributed by atoms with Crippen molar-refractivity contribution in [1.82, 2.24) is 5.32 Å². The van der Waals surface area contributed by atoms with E-state index in [-0.39, 0.29) is 18.3 Å². The molecule has 0 radical (unpaired) electrons. The molecule has 3 N–H and O–H groups in total. The highest BCUT2D eigenvalue weighted by molar-refractivity contribution is 8.13. The smallest absolute Gasteiger partial charge is 0.413 e. The summed E-state index contributed by atoms with van der Waals surface area (Å²) in [5.74, 6) is 0.290. The summed E-state index contributed by atoms with van der Waals surface area (Å²) in [5, 5.41) is 3.06. The fourth-order valence-electron chi connectivity index (χ4n) is 3.00. The predicted octanol–water partition coefficient (Wildman–Crippen LogP) is 2.88. The van der Waals surface area contributed by atoms with Gasteiger partial charge in [-0.1, -0.05) is 11.8 Å². The number of benzene rings is 1. The first-order valence-corrected chi connectivity index (χ1v) is 9.04. The molecule has 0 aromatic heterocycles. The van der Waals surface area contributed by atoms with Crippen molar-refractivity contribution in [2.75, 3.05) is 24.7 Å². The number of anilines is 1. The van der Waals surface area contributed by atoms with Gasteiger partial charge in [-0.2, -0.15) is 0 Å². The standard InChI is InChI=1S/C17H22FN3O3S/c1-16(2,3)24-15(22)20-14-21-17(9-23-7-10(17)8-25-14)12-6-11(19)4-5-13(12)18/h4-6,10H,7-9,19H2,1-3H3,(H,20,21,22)/t10-,17+/m0/s1. The topological polar surface area (TPSA) is 85.9 Å². The summed E-state index contributed by atoms with van der Waals surface area (Å²) in [6.07, 6.45) is -0.584. The van der Waals surface area contributed by atoms with Gasteiger partial charge in [0.25, 0.3) is 0 Å². The van der Waals surface area contributed by atoms with E-state index in [9.17, 15) is 9.18 Å². The maximum absolute atomic E-state index is 14.5. The molecule has 0 unspecified atom stereocenters. The second kappa shape index (κ2) is 6.49. The van der Waals surface area contributed by atoms with Crippen molar-refractivity contribution in [3.8, 4) is 0 Å². The number of amides is 1. The summed E-state index contributed by atoms with van der Waals surface area (Å²) in [4.78, 5) is 16.7. The lowest BCUT2D eigenvalue weighted by molar-refractivity contribution is 0.0564. The van der Waals surface area contributed by atoms with Gasteiger partial charge in [-0.15, -0.1) is 0 Å². The SMILES string of the molecule is CC(C)(C)OC(=O)NC1=N[C@]2(c3cc(N)ccc3F)COC[C@H]2CS1. The van der Waals surface area contributed by atoms with Crippen LogP contribution >= 0.6 is 11.8 Å². The summed E-state index contributed by atoms with van der Waals surface area (Å²) in [6.45, 7) is 6.09. The van der Waals surface area contributed by atoms with Crippen LogP contribution in [0.25, 0.3) is 0 Å². The lowest BCUT2D eigenvalue weighted by atomic mass is 9.81. The molecule has 2 aliphatic rings. The Balaban J connectivity index is 1.93. The van der Waals surface area contributed by atoms with Crippen molar-refractivity contribution >= 4 is 28.7 Å². The Kier molecular flexibility index (Phi) is 4.68. The Bertz CT molecular complexity index is 720. The number of ether oxygens (including phenoxy) is 2. The molecule has 3 rings (SSSR count). The number of thioether (sulfide) groups is 1. The Morgan fingerprint density at radius 2 is 2.28 bits per heavy atom. The number of rotatable bonds is 1. The number of nitrogen functional groups attached to an aromatic ring is 1. The minimum absolute atomic E-state index is 0.0120. The van der Waals surface area contributed by atoms with E-state index < -0.39 is 17.2 Å². The van der Waals surface area contributed by atoms with E-state index in [4.69, 9.17) is 15.2 Å². The van der Waals surface area contributed by atoms with E-state index in [2.05, 4.69) is 10.3 Å². The zero-order valence-electron chi connectivity index (χ0n) is 14.5. The number of hydrogen-bond donors (Lipinski definition) is 2. The third-order valence-corrected chi connectivity index (χ3v) is 5.14. The average molecular weight is 367 g/mol. The molecule has 2 atom stereocenters. The zero-order valence-corrected chi connectivity index (χ0v) is 15.3. The van der Waals surface area contributed by atoms with Crippen LogP contribution in [-0.2, 0) is 15.0 Å². The molecular formula is C17H22FN3O3S. The van der Waals surface area contributed by atoms with Gasteiger partial charge in [0.15, 0.2) is 5.17 Å². The van der Waals surface area contributed by atoms with E-state index in [1.54, 1.807) is 26.8 Å². The quantitative estimate of drug-likeness (QED) is 0.746. The van der Waals surface area contributed by atoms with E-state index in [0.717, 1.165) is 0 Å². The number of aliphatic imine (C=N–C) groups is 1. The van der Waals surface area contributed by atoms with Crippen molar-refractivity contribution < 1.29 is 18.7 Å². The monoisotopic (exact) mass is 367 g/mol. The molecule has 1 aromatic carbocycles. The van der Waals surface area contributed by atoms with Crippen molar-refractivity contribution in [2.45, 2.75) is 31.9 Å². The van der Waals surface area contributed by atoms with Crippen LogP contribution in [0.2, 0.25) is 0 Å². The first kappa shape index (κ1) is 18.0. The molecule has 25 heavy (non-hydrogen) atoms. The number of carbonyl (C=O) groups is 1. The number of amidine groups is 1. The number of nitrogens with zero attached hydrogens (tertiary/aromatic N) is 1. The third-order valence-electron chi connectivity index (χ3n) is 4.10. The van der Waals surface area contributed by atoms with Crippen LogP contribution in [-0.4, -0.2) is 35.8 Å². The maximum Gasteiger partial charge on any atom is 0.413 e. The highest BCUT2D eigenvalue weighted by atomic mass is 32.2. The van der Waals surface area contributed by atoms with E-state index in [1.807, 2.05) is 0 Å². The molecule has 2 aliphatic heterocycles. The van der Waals surface area contributed by atoms with Gasteiger partial charge in [-0.05, 0) is 39.0 Å². The van der Waals surface area contributed by atoms with Gasteiger partial charge in [0.2, 0.25) is 0 Å². The second-order valence-corrected chi connectivity index (χ2v) is 8.24. The van der Waals surface area contributed by atoms with E-state index in [0.29, 0.717) is 28.8 Å². The first-order valence-electron chi connectivity index (χ1n) is 8.05. The summed E-state index contributed by atoms with van der Waals surface area (Å²) < 4.78 is 25.4. The lowest BCUT2D eigenvalue weighted by Crippen LogP contribution is -2.43. The van der Waals surface area contributed by atoms with Gasteiger partial charge in [-0.25, -0.2) is 14.2 Å². The van der Waals surface area contributed by atoms with Crippen LogP contribution < -0.4 is 11.1 Å². The summed E-state index contributed by atoms with van der Waals surface area (Å²) in [5.41, 5.74) is 5.22. The van der Waals surface area contributed by atoms with Gasteiger partial charge in [0.1, 0.15) is 17.0 Å². The third kappa shape index (κ3) is 3.74. The summed E-state index contributed by atoms with van der Waals surface area (Å²) >= 11 is 1.40. The second-order valence-electron chi connectivity index (χ2n) is 7.23. The highest BCUT2D eigenvalue weighted by Gasteiger charge is 2.49. The number of halogens is 1. The molecule has 8 heteroatoms. The van der Waals surface area contributed by atoms with E-state index >= 15 is 0 Å². The summed E-state index contributed by atoms with van der Waals surface area (Å²) in [6, 6.07) is 4.45. The molecule has 1 saturated heterocycles. The molecule has 1 fully saturated rings.